The van der Waals surface area contributed by atoms with Gasteiger partial charge in [0.25, 0.3) is 11.7 Å². The highest BCUT2D eigenvalue weighted by Gasteiger charge is 2.49. The summed E-state index contributed by atoms with van der Waals surface area (Å²) in [5.74, 6) is 0.100. The van der Waals surface area contributed by atoms with E-state index in [2.05, 4.69) is 20.8 Å². The molecule has 2 aromatic rings. The van der Waals surface area contributed by atoms with Gasteiger partial charge >= 0.3 is 0 Å². The molecule has 1 atom stereocenters. The van der Waals surface area contributed by atoms with E-state index in [0.29, 0.717) is 17.9 Å². The van der Waals surface area contributed by atoms with Crippen LogP contribution in [0.25, 0.3) is 5.76 Å². The van der Waals surface area contributed by atoms with Crippen molar-refractivity contribution in [1.82, 2.24) is 4.90 Å². The van der Waals surface area contributed by atoms with Gasteiger partial charge in [0, 0.05) is 17.2 Å². The summed E-state index contributed by atoms with van der Waals surface area (Å²) in [6, 6.07) is 12.2. The van der Waals surface area contributed by atoms with Crippen LogP contribution in [0.1, 0.15) is 76.1 Å². The van der Waals surface area contributed by atoms with Crippen molar-refractivity contribution in [2.75, 3.05) is 13.7 Å². The summed E-state index contributed by atoms with van der Waals surface area (Å²) in [5.41, 5.74) is 2.10. The molecule has 1 saturated carbocycles. The Morgan fingerprint density at radius 1 is 1.06 bits per heavy atom. The summed E-state index contributed by atoms with van der Waals surface area (Å²) in [6.07, 6.45) is 3.77. The first kappa shape index (κ1) is 24.8. The van der Waals surface area contributed by atoms with E-state index in [-0.39, 0.29) is 22.8 Å². The molecule has 4 rings (SSSR count). The fraction of sp³-hybridized carbons (Fsp3) is 0.448. The molecule has 1 aliphatic carbocycles. The predicted molar refractivity (Wildman–Crippen MR) is 136 cm³/mol. The van der Waals surface area contributed by atoms with Gasteiger partial charge in [-0.3, -0.25) is 9.59 Å². The molecular formula is C29H35NO5. The topological polar surface area (TPSA) is 76.1 Å². The van der Waals surface area contributed by atoms with E-state index in [9.17, 15) is 14.7 Å². The van der Waals surface area contributed by atoms with Gasteiger partial charge in [0.15, 0.2) is 0 Å². The second kappa shape index (κ2) is 9.76. The summed E-state index contributed by atoms with van der Waals surface area (Å²) in [6.45, 7) is 8.68. The number of rotatable bonds is 6. The third-order valence-electron chi connectivity index (χ3n) is 6.99. The fourth-order valence-corrected chi connectivity index (χ4v) is 5.22. The van der Waals surface area contributed by atoms with Crippen molar-refractivity contribution in [3.8, 4) is 11.5 Å². The molecule has 2 aromatic carbocycles. The van der Waals surface area contributed by atoms with Crippen LogP contribution < -0.4 is 9.47 Å². The summed E-state index contributed by atoms with van der Waals surface area (Å²) in [7, 11) is 1.60. The minimum atomic E-state index is -0.645. The van der Waals surface area contributed by atoms with Crippen molar-refractivity contribution in [3.05, 3.63) is 64.7 Å². The van der Waals surface area contributed by atoms with Crippen LogP contribution in [0.15, 0.2) is 48.0 Å². The lowest BCUT2D eigenvalue weighted by atomic mass is 9.84. The normalized spacial score (nSPS) is 20.5. The fourth-order valence-electron chi connectivity index (χ4n) is 5.22. The molecule has 0 spiro atoms. The molecule has 2 fully saturated rings. The first-order chi connectivity index (χ1) is 16.7. The molecule has 1 unspecified atom stereocenters. The number of carbonyl (C=O) groups is 2. The molecule has 1 aliphatic heterocycles. The molecule has 0 aromatic heterocycles. The number of aliphatic hydroxyl groups is 1. The van der Waals surface area contributed by atoms with E-state index in [4.69, 9.17) is 9.47 Å². The standard InChI is InChI=1S/C29H35NO5/c1-6-35-23-16-13-19(17-22(23)29(2,3)4)26(31)24-25(18-11-14-21(34-5)15-12-18)30(28(33)27(24)32)20-9-7-8-10-20/h11-17,20,25,31H,6-10H2,1-5H3/b26-24-. The number of Topliss-reactive ketones (excluding diaryl/α,β-unsaturated/α-hetero) is 1. The quantitative estimate of drug-likeness (QED) is 0.325. The lowest BCUT2D eigenvalue weighted by Gasteiger charge is -2.31. The maximum absolute atomic E-state index is 13.4. The first-order valence-electron chi connectivity index (χ1n) is 12.4. The van der Waals surface area contributed by atoms with Crippen LogP contribution in [-0.2, 0) is 15.0 Å². The van der Waals surface area contributed by atoms with E-state index in [1.165, 1.54) is 0 Å². The number of carbonyl (C=O) groups excluding carboxylic acids is 2. The van der Waals surface area contributed by atoms with Gasteiger partial charge in [-0.15, -0.1) is 0 Å². The minimum absolute atomic E-state index is 0.0192. The van der Waals surface area contributed by atoms with Gasteiger partial charge in [-0.05, 0) is 61.1 Å². The first-order valence-corrected chi connectivity index (χ1v) is 12.4. The molecule has 186 valence electrons. The lowest BCUT2D eigenvalue weighted by molar-refractivity contribution is -0.141. The summed E-state index contributed by atoms with van der Waals surface area (Å²) in [4.78, 5) is 28.4. The Labute approximate surface area is 207 Å². The average molecular weight is 478 g/mol. The van der Waals surface area contributed by atoms with Crippen molar-refractivity contribution in [2.45, 2.75) is 70.9 Å². The van der Waals surface area contributed by atoms with Gasteiger partial charge in [-0.2, -0.15) is 0 Å². The van der Waals surface area contributed by atoms with Gasteiger partial charge in [0.2, 0.25) is 0 Å². The highest BCUT2D eigenvalue weighted by molar-refractivity contribution is 6.46. The van der Waals surface area contributed by atoms with E-state index in [1.54, 1.807) is 18.1 Å². The molecule has 35 heavy (non-hydrogen) atoms. The van der Waals surface area contributed by atoms with Crippen LogP contribution in [0, 0.1) is 0 Å². The van der Waals surface area contributed by atoms with Crippen molar-refractivity contribution >= 4 is 17.4 Å². The SMILES string of the molecule is CCOc1ccc(/C(O)=C2/C(=O)C(=O)N(C3CCCC3)C2c2ccc(OC)cc2)cc1C(C)(C)C. The minimum Gasteiger partial charge on any atom is -0.507 e. The number of aliphatic hydroxyl groups excluding tert-OH is 1. The van der Waals surface area contributed by atoms with Crippen molar-refractivity contribution in [3.63, 3.8) is 0 Å². The Bertz CT molecular complexity index is 1140. The molecule has 6 heteroatoms. The number of amides is 1. The van der Waals surface area contributed by atoms with E-state index >= 15 is 0 Å². The van der Waals surface area contributed by atoms with Crippen LogP contribution in [-0.4, -0.2) is 41.5 Å². The number of likely N-dealkylation sites (tertiary alicyclic amines) is 1. The predicted octanol–water partition coefficient (Wildman–Crippen LogP) is 5.76. The Morgan fingerprint density at radius 3 is 2.29 bits per heavy atom. The molecule has 6 nitrogen and oxygen atoms in total. The molecule has 0 bridgehead atoms. The number of methoxy groups -OCH3 is 1. The molecule has 1 amide bonds. The summed E-state index contributed by atoms with van der Waals surface area (Å²) < 4.78 is 11.1. The van der Waals surface area contributed by atoms with E-state index in [0.717, 1.165) is 42.6 Å². The molecule has 1 saturated heterocycles. The number of benzene rings is 2. The Morgan fingerprint density at radius 2 is 1.71 bits per heavy atom. The monoisotopic (exact) mass is 477 g/mol. The third kappa shape index (κ3) is 4.66. The number of nitrogens with zero attached hydrogens (tertiary/aromatic N) is 1. The number of ether oxygens (including phenoxy) is 2. The van der Waals surface area contributed by atoms with Crippen LogP contribution in [0.5, 0.6) is 11.5 Å². The molecule has 2 aliphatic rings. The Hall–Kier alpha value is -3.28. The van der Waals surface area contributed by atoms with Crippen LogP contribution in [0.2, 0.25) is 0 Å². The maximum atomic E-state index is 13.4. The Balaban J connectivity index is 1.88. The van der Waals surface area contributed by atoms with Crippen molar-refractivity contribution in [2.24, 2.45) is 0 Å². The average Bonchev–Trinajstić information content (AvgIpc) is 3.45. The Kier molecular flexibility index (Phi) is 6.93. The lowest BCUT2D eigenvalue weighted by Crippen LogP contribution is -2.37. The highest BCUT2D eigenvalue weighted by atomic mass is 16.5. The molecule has 0 radical (unpaired) electrons. The van der Waals surface area contributed by atoms with Crippen LogP contribution in [0.3, 0.4) is 0 Å². The number of hydrogen-bond donors (Lipinski definition) is 1. The second-order valence-corrected chi connectivity index (χ2v) is 10.3. The van der Waals surface area contributed by atoms with Crippen LogP contribution in [0.4, 0.5) is 0 Å². The van der Waals surface area contributed by atoms with Gasteiger partial charge in [0.05, 0.1) is 25.3 Å². The zero-order valence-electron chi connectivity index (χ0n) is 21.3. The molecule has 1 heterocycles. The van der Waals surface area contributed by atoms with E-state index < -0.39 is 17.7 Å². The third-order valence-corrected chi connectivity index (χ3v) is 6.99. The van der Waals surface area contributed by atoms with Crippen LogP contribution >= 0.6 is 0 Å². The summed E-state index contributed by atoms with van der Waals surface area (Å²) in [5, 5.41) is 11.5. The largest absolute Gasteiger partial charge is 0.507 e. The van der Waals surface area contributed by atoms with Crippen molar-refractivity contribution in [1.29, 1.82) is 0 Å². The van der Waals surface area contributed by atoms with Gasteiger partial charge in [-0.1, -0.05) is 45.7 Å². The van der Waals surface area contributed by atoms with Gasteiger partial charge < -0.3 is 19.5 Å². The summed E-state index contributed by atoms with van der Waals surface area (Å²) >= 11 is 0. The van der Waals surface area contributed by atoms with Crippen molar-refractivity contribution < 1.29 is 24.2 Å². The van der Waals surface area contributed by atoms with Gasteiger partial charge in [-0.25, -0.2) is 0 Å². The zero-order valence-corrected chi connectivity index (χ0v) is 21.3. The number of hydrogen-bond acceptors (Lipinski definition) is 5. The second-order valence-electron chi connectivity index (χ2n) is 10.3. The van der Waals surface area contributed by atoms with E-state index in [1.807, 2.05) is 43.3 Å². The molecular weight excluding hydrogens is 442 g/mol. The maximum Gasteiger partial charge on any atom is 0.295 e. The van der Waals surface area contributed by atoms with Gasteiger partial charge in [0.1, 0.15) is 17.3 Å². The number of ketones is 1. The zero-order chi connectivity index (χ0) is 25.3. The smallest absolute Gasteiger partial charge is 0.295 e. The molecule has 1 N–H and O–H groups in total. The highest BCUT2D eigenvalue weighted by Crippen LogP contribution is 2.44.